The second-order valence-electron chi connectivity index (χ2n) is 2.35. The van der Waals surface area contributed by atoms with E-state index < -0.39 is 0 Å². The Morgan fingerprint density at radius 3 is 2.64 bits per heavy atom. The van der Waals surface area contributed by atoms with Crippen LogP contribution in [0.1, 0.15) is 33.1 Å². The molecule has 3 heteroatoms. The molecule has 0 aromatic heterocycles. The second kappa shape index (κ2) is 7.92. The number of hydrogen-bond donors (Lipinski definition) is 1. The number of hydrogen-bond acceptors (Lipinski definition) is 2. The zero-order chi connectivity index (χ0) is 8.53. The van der Waals surface area contributed by atoms with Gasteiger partial charge in [-0.1, -0.05) is 38.5 Å². The van der Waals surface area contributed by atoms with Crippen LogP contribution >= 0.6 is 11.8 Å². The third-order valence-electron chi connectivity index (χ3n) is 1.33. The summed E-state index contributed by atoms with van der Waals surface area (Å²) in [6.45, 7) is 4.97. The van der Waals surface area contributed by atoms with Crippen LogP contribution in [0.3, 0.4) is 0 Å². The van der Waals surface area contributed by atoms with Crippen molar-refractivity contribution in [1.82, 2.24) is 5.32 Å². The van der Waals surface area contributed by atoms with Crippen molar-refractivity contribution in [2.75, 3.05) is 12.3 Å². The summed E-state index contributed by atoms with van der Waals surface area (Å²) >= 11 is 1.34. The van der Waals surface area contributed by atoms with E-state index in [-0.39, 0.29) is 5.24 Å². The summed E-state index contributed by atoms with van der Waals surface area (Å²) in [5, 5.41) is 2.96. The van der Waals surface area contributed by atoms with Crippen molar-refractivity contribution in [2.24, 2.45) is 0 Å². The van der Waals surface area contributed by atoms with Gasteiger partial charge in [-0.05, 0) is 12.2 Å². The average Bonchev–Trinajstić information content (AvgIpc) is 1.99. The van der Waals surface area contributed by atoms with Crippen LogP contribution in [0, 0.1) is 0 Å². The highest BCUT2D eigenvalue weighted by Crippen LogP contribution is 1.99. The average molecular weight is 175 g/mol. The molecule has 0 spiro atoms. The van der Waals surface area contributed by atoms with Gasteiger partial charge in [0.2, 0.25) is 0 Å². The van der Waals surface area contributed by atoms with Crippen LogP contribution in [0.15, 0.2) is 0 Å². The maximum Gasteiger partial charge on any atom is 0.279 e. The molecule has 1 amide bonds. The lowest BCUT2D eigenvalue weighted by molar-refractivity contribution is 0.260. The van der Waals surface area contributed by atoms with Gasteiger partial charge in [-0.25, -0.2) is 0 Å². The topological polar surface area (TPSA) is 29.1 Å². The first-order valence-electron chi connectivity index (χ1n) is 4.21. The van der Waals surface area contributed by atoms with E-state index in [4.69, 9.17) is 0 Å². The van der Waals surface area contributed by atoms with Crippen LogP contribution in [0.2, 0.25) is 0 Å². The number of nitrogens with one attached hydrogen (secondary N) is 1. The summed E-state index contributed by atoms with van der Waals surface area (Å²) in [7, 11) is 0. The Balaban J connectivity index is 3.04. The summed E-state index contributed by atoms with van der Waals surface area (Å²) in [6, 6.07) is 0. The van der Waals surface area contributed by atoms with E-state index >= 15 is 0 Å². The van der Waals surface area contributed by atoms with E-state index in [0.29, 0.717) is 0 Å². The Morgan fingerprint density at radius 2 is 2.09 bits per heavy atom. The minimum absolute atomic E-state index is 0.114. The van der Waals surface area contributed by atoms with Gasteiger partial charge in [-0.3, -0.25) is 4.79 Å². The van der Waals surface area contributed by atoms with E-state index in [0.717, 1.165) is 18.7 Å². The molecular formula is C8H17NOS. The highest BCUT2D eigenvalue weighted by Gasteiger charge is 1.96. The summed E-state index contributed by atoms with van der Waals surface area (Å²) in [5.74, 6) is 0.861. The number of unbranched alkanes of at least 4 members (excludes halogenated alkanes) is 2. The van der Waals surface area contributed by atoms with Gasteiger partial charge in [0.15, 0.2) is 0 Å². The smallest absolute Gasteiger partial charge is 0.279 e. The number of carbonyl (C=O) groups is 1. The molecule has 0 aromatic rings. The third-order valence-corrected chi connectivity index (χ3v) is 2.02. The molecule has 0 aliphatic rings. The second-order valence-corrected chi connectivity index (χ2v) is 3.59. The van der Waals surface area contributed by atoms with Gasteiger partial charge in [0, 0.05) is 6.54 Å². The molecule has 0 heterocycles. The van der Waals surface area contributed by atoms with Crippen molar-refractivity contribution >= 4 is 17.0 Å². The summed E-state index contributed by atoms with van der Waals surface area (Å²) in [5.41, 5.74) is 0. The van der Waals surface area contributed by atoms with Crippen molar-refractivity contribution in [1.29, 1.82) is 0 Å². The normalized spacial score (nSPS) is 9.64. The maximum atomic E-state index is 10.9. The van der Waals surface area contributed by atoms with Crippen molar-refractivity contribution in [2.45, 2.75) is 33.1 Å². The Hall–Kier alpha value is -0.180. The Kier molecular flexibility index (Phi) is 7.79. The van der Waals surface area contributed by atoms with E-state index in [9.17, 15) is 4.79 Å². The first-order chi connectivity index (χ1) is 5.31. The van der Waals surface area contributed by atoms with E-state index in [1.165, 1.54) is 24.6 Å². The minimum atomic E-state index is 0.114. The molecule has 1 N–H and O–H groups in total. The fourth-order valence-corrected chi connectivity index (χ4v) is 1.21. The molecule has 0 fully saturated rings. The highest BCUT2D eigenvalue weighted by molar-refractivity contribution is 8.13. The van der Waals surface area contributed by atoms with Gasteiger partial charge in [-0.2, -0.15) is 0 Å². The van der Waals surface area contributed by atoms with Crippen LogP contribution < -0.4 is 5.32 Å². The SMILES string of the molecule is CCCCCNC(=O)SCC. The van der Waals surface area contributed by atoms with Crippen molar-refractivity contribution in [3.63, 3.8) is 0 Å². The summed E-state index contributed by atoms with van der Waals surface area (Å²) in [6.07, 6.45) is 3.51. The van der Waals surface area contributed by atoms with Gasteiger partial charge in [-0.15, -0.1) is 0 Å². The molecule has 0 unspecified atom stereocenters. The molecule has 0 saturated carbocycles. The van der Waals surface area contributed by atoms with Gasteiger partial charge < -0.3 is 5.32 Å². The van der Waals surface area contributed by atoms with Gasteiger partial charge in [0.25, 0.3) is 5.24 Å². The predicted molar refractivity (Wildman–Crippen MR) is 51.1 cm³/mol. The van der Waals surface area contributed by atoms with Gasteiger partial charge in [0.05, 0.1) is 0 Å². The quantitative estimate of drug-likeness (QED) is 0.651. The van der Waals surface area contributed by atoms with E-state index in [1.54, 1.807) is 0 Å². The predicted octanol–water partition coefficient (Wildman–Crippen LogP) is 2.64. The largest absolute Gasteiger partial charge is 0.347 e. The Labute approximate surface area is 73.1 Å². The van der Waals surface area contributed by atoms with Crippen molar-refractivity contribution < 1.29 is 4.79 Å². The third kappa shape index (κ3) is 7.72. The molecule has 11 heavy (non-hydrogen) atoms. The molecule has 0 atom stereocenters. The lowest BCUT2D eigenvalue weighted by Gasteiger charge is -2.01. The number of thioether (sulfide) groups is 1. The molecule has 0 aliphatic heterocycles. The number of rotatable bonds is 5. The van der Waals surface area contributed by atoms with Gasteiger partial charge >= 0.3 is 0 Å². The van der Waals surface area contributed by atoms with Crippen LogP contribution in [0.25, 0.3) is 0 Å². The fraction of sp³-hybridized carbons (Fsp3) is 0.875. The minimum Gasteiger partial charge on any atom is -0.347 e. The van der Waals surface area contributed by atoms with Crippen LogP contribution in [0.5, 0.6) is 0 Å². The molecule has 0 aliphatic carbocycles. The zero-order valence-electron chi connectivity index (χ0n) is 7.35. The molecule has 0 aromatic carbocycles. The van der Waals surface area contributed by atoms with E-state index in [2.05, 4.69) is 12.2 Å². The molecule has 0 saturated heterocycles. The molecule has 66 valence electrons. The Bertz CT molecular complexity index is 106. The fourth-order valence-electron chi connectivity index (χ4n) is 0.748. The van der Waals surface area contributed by atoms with Crippen molar-refractivity contribution in [3.05, 3.63) is 0 Å². The Morgan fingerprint density at radius 1 is 1.36 bits per heavy atom. The monoisotopic (exact) mass is 175 g/mol. The molecule has 0 rings (SSSR count). The first kappa shape index (κ1) is 10.8. The zero-order valence-corrected chi connectivity index (χ0v) is 8.17. The van der Waals surface area contributed by atoms with Crippen molar-refractivity contribution in [3.8, 4) is 0 Å². The number of carbonyl (C=O) groups excluding carboxylic acids is 1. The first-order valence-corrected chi connectivity index (χ1v) is 5.20. The molecule has 2 nitrogen and oxygen atoms in total. The highest BCUT2D eigenvalue weighted by atomic mass is 32.2. The van der Waals surface area contributed by atoms with Gasteiger partial charge in [0.1, 0.15) is 0 Å². The lowest BCUT2D eigenvalue weighted by Crippen LogP contribution is -2.19. The number of amides is 1. The molecule has 0 bridgehead atoms. The summed E-state index contributed by atoms with van der Waals surface area (Å²) in [4.78, 5) is 10.9. The molecular weight excluding hydrogens is 158 g/mol. The lowest BCUT2D eigenvalue weighted by atomic mass is 10.2. The van der Waals surface area contributed by atoms with Crippen LogP contribution in [-0.2, 0) is 0 Å². The maximum absolute atomic E-state index is 10.9. The molecule has 0 radical (unpaired) electrons. The van der Waals surface area contributed by atoms with E-state index in [1.807, 2.05) is 6.92 Å². The summed E-state index contributed by atoms with van der Waals surface area (Å²) < 4.78 is 0. The standard InChI is InChI=1S/C8H17NOS/c1-3-5-6-7-9-8(10)11-4-2/h3-7H2,1-2H3,(H,9,10). The van der Waals surface area contributed by atoms with Crippen LogP contribution in [-0.4, -0.2) is 17.5 Å². The van der Waals surface area contributed by atoms with Crippen LogP contribution in [0.4, 0.5) is 4.79 Å².